The summed E-state index contributed by atoms with van der Waals surface area (Å²) in [7, 11) is 0. The van der Waals surface area contributed by atoms with Crippen LogP contribution < -0.4 is 10.6 Å². The van der Waals surface area contributed by atoms with Crippen molar-refractivity contribution in [2.45, 2.75) is 26.2 Å². The number of hydrogen-bond acceptors (Lipinski definition) is 3. The first-order valence-corrected chi connectivity index (χ1v) is 8.45. The molecule has 0 unspecified atom stereocenters. The second-order valence-electron chi connectivity index (χ2n) is 6.63. The maximum atomic E-state index is 13.7. The fourth-order valence-corrected chi connectivity index (χ4v) is 3.53. The molecule has 0 fully saturated rings. The summed E-state index contributed by atoms with van der Waals surface area (Å²) in [5.74, 6) is -0.748. The molecule has 0 aliphatic carbocycles. The van der Waals surface area contributed by atoms with Crippen LogP contribution in [0.25, 0.3) is 10.8 Å². The summed E-state index contributed by atoms with van der Waals surface area (Å²) in [6.07, 6.45) is -4.63. The van der Waals surface area contributed by atoms with E-state index in [9.17, 15) is 22.7 Å². The molecule has 142 valence electrons. The molecule has 0 spiro atoms. The molecule has 2 aromatic carbocycles. The zero-order chi connectivity index (χ0) is 19.3. The van der Waals surface area contributed by atoms with Gasteiger partial charge in [-0.05, 0) is 42.8 Å². The summed E-state index contributed by atoms with van der Waals surface area (Å²) in [4.78, 5) is 0. The minimum atomic E-state index is -4.63. The van der Waals surface area contributed by atoms with Crippen molar-refractivity contribution in [3.8, 4) is 5.88 Å². The van der Waals surface area contributed by atoms with E-state index in [-0.39, 0.29) is 22.8 Å². The minimum absolute atomic E-state index is 0.193. The molecule has 4 nitrogen and oxygen atoms in total. The van der Waals surface area contributed by atoms with Crippen molar-refractivity contribution in [2.24, 2.45) is 0 Å². The number of nitrogens with zero attached hydrogens (tertiary/aromatic N) is 1. The monoisotopic (exact) mass is 379 g/mol. The van der Waals surface area contributed by atoms with E-state index in [2.05, 4.69) is 10.6 Å². The number of fused-ring (bicyclic) bond motifs is 3. The Bertz CT molecular complexity index is 1040. The number of halogens is 4. The van der Waals surface area contributed by atoms with Gasteiger partial charge < -0.3 is 20.3 Å². The molecule has 8 heteroatoms. The lowest BCUT2D eigenvalue weighted by Crippen LogP contribution is -2.27. The van der Waals surface area contributed by atoms with Crippen molar-refractivity contribution in [1.29, 1.82) is 0 Å². The third-order valence-electron chi connectivity index (χ3n) is 4.81. The van der Waals surface area contributed by atoms with Gasteiger partial charge in [-0.3, -0.25) is 0 Å². The highest BCUT2D eigenvalue weighted by molar-refractivity contribution is 5.97. The maximum Gasteiger partial charge on any atom is 0.417 e. The summed E-state index contributed by atoms with van der Waals surface area (Å²) in [6, 6.07) is 6.81. The number of aryl methyl sites for hydroxylation is 1. The van der Waals surface area contributed by atoms with E-state index in [4.69, 9.17) is 0 Å². The maximum absolute atomic E-state index is 13.7. The molecule has 0 radical (unpaired) electrons. The topological polar surface area (TPSA) is 49.2 Å². The van der Waals surface area contributed by atoms with E-state index in [1.54, 1.807) is 13.0 Å². The van der Waals surface area contributed by atoms with E-state index in [1.807, 2.05) is 0 Å². The molecule has 0 bridgehead atoms. The average molecular weight is 379 g/mol. The summed E-state index contributed by atoms with van der Waals surface area (Å²) < 4.78 is 56.0. The van der Waals surface area contributed by atoms with Gasteiger partial charge in [0.25, 0.3) is 0 Å². The van der Waals surface area contributed by atoms with Gasteiger partial charge in [0, 0.05) is 42.1 Å². The number of benzene rings is 2. The van der Waals surface area contributed by atoms with Gasteiger partial charge in [-0.1, -0.05) is 0 Å². The van der Waals surface area contributed by atoms with Crippen LogP contribution in [-0.4, -0.2) is 16.2 Å². The van der Waals surface area contributed by atoms with Gasteiger partial charge in [-0.25, -0.2) is 4.39 Å². The summed E-state index contributed by atoms with van der Waals surface area (Å²) in [5, 5.41) is 16.6. The zero-order valence-corrected chi connectivity index (χ0v) is 14.4. The van der Waals surface area contributed by atoms with E-state index >= 15 is 0 Å². The number of rotatable bonds is 2. The molecule has 0 saturated heterocycles. The molecule has 1 aliphatic heterocycles. The largest absolute Gasteiger partial charge is 0.494 e. The van der Waals surface area contributed by atoms with Crippen molar-refractivity contribution < 1.29 is 22.7 Å². The van der Waals surface area contributed by atoms with Crippen molar-refractivity contribution in [2.75, 3.05) is 11.9 Å². The predicted molar refractivity (Wildman–Crippen MR) is 94.7 cm³/mol. The van der Waals surface area contributed by atoms with E-state index in [0.29, 0.717) is 42.0 Å². The van der Waals surface area contributed by atoms with Crippen molar-refractivity contribution in [3.05, 3.63) is 53.0 Å². The lowest BCUT2D eigenvalue weighted by atomic mass is 10.0. The summed E-state index contributed by atoms with van der Waals surface area (Å²) >= 11 is 0. The fraction of sp³-hybridized carbons (Fsp3) is 0.263. The van der Waals surface area contributed by atoms with Crippen LogP contribution in [0.4, 0.5) is 28.9 Å². The predicted octanol–water partition coefficient (Wildman–Crippen LogP) is 4.66. The fourth-order valence-electron chi connectivity index (χ4n) is 3.53. The standard InChI is InChI=1S/C19H17F4N3O/c1-10-6-11(2-3-15(10)20)25-12-7-13-16-9-24-4-5-26(16)18(27)17(13)14(8-12)19(21,22)23/h2-3,6-8,24-25,27H,4-5,9H2,1H3. The molecule has 3 N–H and O–H groups in total. The van der Waals surface area contributed by atoms with E-state index in [1.165, 1.54) is 22.8 Å². The van der Waals surface area contributed by atoms with Crippen molar-refractivity contribution in [3.63, 3.8) is 0 Å². The molecule has 0 saturated carbocycles. The van der Waals surface area contributed by atoms with Gasteiger partial charge >= 0.3 is 6.18 Å². The molecule has 1 aromatic heterocycles. The van der Waals surface area contributed by atoms with Gasteiger partial charge in [0.2, 0.25) is 0 Å². The number of nitrogens with one attached hydrogen (secondary N) is 2. The van der Waals surface area contributed by atoms with Crippen LogP contribution in [0, 0.1) is 12.7 Å². The van der Waals surface area contributed by atoms with Crippen LogP contribution in [0.1, 0.15) is 16.8 Å². The molecule has 3 aromatic rings. The number of hydrogen-bond donors (Lipinski definition) is 3. The molecule has 0 amide bonds. The number of aromatic nitrogens is 1. The second kappa shape index (κ2) is 6.16. The second-order valence-corrected chi connectivity index (χ2v) is 6.63. The third-order valence-corrected chi connectivity index (χ3v) is 4.81. The lowest BCUT2D eigenvalue weighted by molar-refractivity contribution is -0.136. The van der Waals surface area contributed by atoms with Crippen molar-refractivity contribution in [1.82, 2.24) is 9.88 Å². The van der Waals surface area contributed by atoms with Crippen LogP contribution in [-0.2, 0) is 19.3 Å². The molecular weight excluding hydrogens is 362 g/mol. The molecule has 0 atom stereocenters. The number of anilines is 2. The first-order valence-electron chi connectivity index (χ1n) is 8.45. The Balaban J connectivity index is 1.90. The highest BCUT2D eigenvalue weighted by Crippen LogP contribution is 2.44. The van der Waals surface area contributed by atoms with E-state index in [0.717, 1.165) is 6.07 Å². The Morgan fingerprint density at radius 1 is 1.15 bits per heavy atom. The van der Waals surface area contributed by atoms with Gasteiger partial charge in [0.1, 0.15) is 5.82 Å². The van der Waals surface area contributed by atoms with Crippen LogP contribution in [0.15, 0.2) is 30.3 Å². The Morgan fingerprint density at radius 2 is 1.93 bits per heavy atom. The SMILES string of the molecule is Cc1cc(Nc2cc(C(F)(F)F)c3c(O)n4c(c3c2)CNCC4)ccc1F. The number of aromatic hydroxyl groups is 1. The zero-order valence-electron chi connectivity index (χ0n) is 14.4. The molecule has 4 rings (SSSR count). The van der Waals surface area contributed by atoms with Crippen LogP contribution in [0.2, 0.25) is 0 Å². The van der Waals surface area contributed by atoms with Gasteiger partial charge in [-0.15, -0.1) is 0 Å². The van der Waals surface area contributed by atoms with Crippen LogP contribution in [0.3, 0.4) is 0 Å². The highest BCUT2D eigenvalue weighted by Gasteiger charge is 2.36. The molecule has 27 heavy (non-hydrogen) atoms. The number of alkyl halides is 3. The van der Waals surface area contributed by atoms with Gasteiger partial charge in [-0.2, -0.15) is 13.2 Å². The van der Waals surface area contributed by atoms with Crippen LogP contribution >= 0.6 is 0 Å². The Hall–Kier alpha value is -2.74. The van der Waals surface area contributed by atoms with E-state index < -0.39 is 11.7 Å². The normalized spacial score (nSPS) is 14.4. The molecule has 1 aliphatic rings. The minimum Gasteiger partial charge on any atom is -0.494 e. The van der Waals surface area contributed by atoms with Crippen molar-refractivity contribution >= 4 is 22.1 Å². The summed E-state index contributed by atoms with van der Waals surface area (Å²) in [6.45, 7) is 2.92. The highest BCUT2D eigenvalue weighted by atomic mass is 19.4. The Morgan fingerprint density at radius 3 is 2.63 bits per heavy atom. The van der Waals surface area contributed by atoms with Gasteiger partial charge in [0.05, 0.1) is 10.9 Å². The Labute approximate surface area is 152 Å². The lowest BCUT2D eigenvalue weighted by Gasteiger charge is -2.17. The molecular formula is C19H17F4N3O. The van der Waals surface area contributed by atoms with Crippen LogP contribution in [0.5, 0.6) is 5.88 Å². The summed E-state index contributed by atoms with van der Waals surface area (Å²) in [5.41, 5.74) is 0.802. The van der Waals surface area contributed by atoms with Gasteiger partial charge in [0.15, 0.2) is 5.88 Å². The Kier molecular flexibility index (Phi) is 4.03. The average Bonchev–Trinajstić information content (AvgIpc) is 2.90. The molecule has 2 heterocycles. The quantitative estimate of drug-likeness (QED) is 0.568. The third kappa shape index (κ3) is 2.99. The first-order chi connectivity index (χ1) is 12.8. The first kappa shape index (κ1) is 17.7. The smallest absolute Gasteiger partial charge is 0.417 e.